The zero-order chi connectivity index (χ0) is 10.8. The summed E-state index contributed by atoms with van der Waals surface area (Å²) in [7, 11) is 1.40. The zero-order valence-corrected chi connectivity index (χ0v) is 9.08. The van der Waals surface area contributed by atoms with Crippen LogP contribution in [-0.2, 0) is 9.53 Å². The van der Waals surface area contributed by atoms with Crippen molar-refractivity contribution in [1.29, 1.82) is 0 Å². The number of methoxy groups -OCH3 is 1. The van der Waals surface area contributed by atoms with E-state index in [2.05, 4.69) is 17.7 Å². The fourth-order valence-corrected chi connectivity index (χ4v) is 1.29. The van der Waals surface area contributed by atoms with E-state index in [0.717, 1.165) is 25.7 Å². The van der Waals surface area contributed by atoms with Crippen molar-refractivity contribution in [1.82, 2.24) is 0 Å². The Morgan fingerprint density at radius 2 is 2.07 bits per heavy atom. The Balaban J connectivity index is 3.85. The number of carbonyl (C=O) groups is 1. The lowest BCUT2D eigenvalue weighted by Crippen LogP contribution is -2.01. The minimum absolute atomic E-state index is 0.170. The van der Waals surface area contributed by atoms with E-state index in [4.69, 9.17) is 5.11 Å². The molecule has 0 aliphatic carbocycles. The fourth-order valence-electron chi connectivity index (χ4n) is 1.29. The van der Waals surface area contributed by atoms with E-state index in [1.807, 2.05) is 0 Å². The molecule has 14 heavy (non-hydrogen) atoms. The van der Waals surface area contributed by atoms with Crippen molar-refractivity contribution >= 4 is 5.97 Å². The Kier molecular flexibility index (Phi) is 8.24. The van der Waals surface area contributed by atoms with Gasteiger partial charge in [0.15, 0.2) is 0 Å². The van der Waals surface area contributed by atoms with Crippen LogP contribution in [0.2, 0.25) is 0 Å². The van der Waals surface area contributed by atoms with Crippen molar-refractivity contribution in [2.45, 2.75) is 39.0 Å². The lowest BCUT2D eigenvalue weighted by Gasteiger charge is -2.05. The molecule has 3 heteroatoms. The first kappa shape index (κ1) is 13.2. The topological polar surface area (TPSA) is 46.5 Å². The zero-order valence-electron chi connectivity index (χ0n) is 9.08. The second kappa shape index (κ2) is 8.75. The molecule has 0 saturated carbocycles. The fraction of sp³-hybridized carbons (Fsp3) is 0.727. The maximum Gasteiger partial charge on any atom is 0.305 e. The Bertz CT molecular complexity index is 185. The molecule has 0 spiro atoms. The largest absolute Gasteiger partial charge is 0.469 e. The SMILES string of the molecule is CC/C=C(\CCCO)CCC(=O)OC. The van der Waals surface area contributed by atoms with Crippen LogP contribution in [0, 0.1) is 0 Å². The van der Waals surface area contributed by atoms with E-state index < -0.39 is 0 Å². The summed E-state index contributed by atoms with van der Waals surface area (Å²) in [5.74, 6) is -0.170. The maximum absolute atomic E-state index is 10.9. The summed E-state index contributed by atoms with van der Waals surface area (Å²) in [5, 5.41) is 8.69. The summed E-state index contributed by atoms with van der Waals surface area (Å²) in [4.78, 5) is 10.9. The number of aliphatic hydroxyl groups is 1. The lowest BCUT2D eigenvalue weighted by molar-refractivity contribution is -0.140. The van der Waals surface area contributed by atoms with Crippen LogP contribution >= 0.6 is 0 Å². The van der Waals surface area contributed by atoms with Gasteiger partial charge in [0.25, 0.3) is 0 Å². The normalized spacial score (nSPS) is 11.5. The highest BCUT2D eigenvalue weighted by molar-refractivity contribution is 5.69. The number of aliphatic hydroxyl groups excluding tert-OH is 1. The van der Waals surface area contributed by atoms with Gasteiger partial charge >= 0.3 is 5.97 Å². The van der Waals surface area contributed by atoms with Gasteiger partial charge in [-0.2, -0.15) is 0 Å². The number of carbonyl (C=O) groups excluding carboxylic acids is 1. The molecule has 0 aliphatic rings. The third kappa shape index (κ3) is 6.66. The molecule has 0 rings (SSSR count). The first-order valence-corrected chi connectivity index (χ1v) is 5.10. The van der Waals surface area contributed by atoms with Gasteiger partial charge in [0.05, 0.1) is 7.11 Å². The molecule has 1 N–H and O–H groups in total. The van der Waals surface area contributed by atoms with Crippen molar-refractivity contribution in [3.63, 3.8) is 0 Å². The molecule has 0 aromatic rings. The third-order valence-electron chi connectivity index (χ3n) is 2.03. The molecule has 0 aromatic carbocycles. The van der Waals surface area contributed by atoms with Gasteiger partial charge in [-0.15, -0.1) is 0 Å². The molecule has 0 aliphatic heterocycles. The molecule has 0 atom stereocenters. The molecular formula is C11H20O3. The van der Waals surface area contributed by atoms with E-state index in [9.17, 15) is 4.79 Å². The summed E-state index contributed by atoms with van der Waals surface area (Å²) >= 11 is 0. The van der Waals surface area contributed by atoms with E-state index >= 15 is 0 Å². The second-order valence-electron chi connectivity index (χ2n) is 3.17. The number of hydrogen-bond acceptors (Lipinski definition) is 3. The van der Waals surface area contributed by atoms with Gasteiger partial charge in [0.1, 0.15) is 0 Å². The summed E-state index contributed by atoms with van der Waals surface area (Å²) in [6.45, 7) is 2.27. The summed E-state index contributed by atoms with van der Waals surface area (Å²) in [6.07, 6.45) is 5.93. The quantitative estimate of drug-likeness (QED) is 0.505. The molecule has 0 aromatic heterocycles. The van der Waals surface area contributed by atoms with E-state index in [1.54, 1.807) is 0 Å². The first-order chi connectivity index (χ1) is 6.74. The standard InChI is InChI=1S/C11H20O3/c1-3-5-10(6-4-9-12)7-8-11(13)14-2/h5,12H,3-4,6-9H2,1-2H3/b10-5+. The number of allylic oxidation sites excluding steroid dienone is 2. The molecule has 0 radical (unpaired) electrons. The van der Waals surface area contributed by atoms with Gasteiger partial charge in [0, 0.05) is 13.0 Å². The van der Waals surface area contributed by atoms with Crippen molar-refractivity contribution < 1.29 is 14.6 Å². The monoisotopic (exact) mass is 200 g/mol. The summed E-state index contributed by atoms with van der Waals surface area (Å²) in [6, 6.07) is 0. The summed E-state index contributed by atoms with van der Waals surface area (Å²) in [5.41, 5.74) is 1.24. The molecular weight excluding hydrogens is 180 g/mol. The summed E-state index contributed by atoms with van der Waals surface area (Å²) < 4.78 is 4.57. The molecule has 0 heterocycles. The molecule has 82 valence electrons. The van der Waals surface area contributed by atoms with Gasteiger partial charge in [-0.05, 0) is 25.7 Å². The molecule has 0 unspecified atom stereocenters. The predicted octanol–water partition coefficient (Wildman–Crippen LogP) is 2.05. The predicted molar refractivity (Wildman–Crippen MR) is 55.9 cm³/mol. The van der Waals surface area contributed by atoms with E-state index in [1.165, 1.54) is 12.7 Å². The Labute approximate surface area is 85.8 Å². The number of esters is 1. The van der Waals surface area contributed by atoms with Crippen molar-refractivity contribution in [3.8, 4) is 0 Å². The maximum atomic E-state index is 10.9. The minimum Gasteiger partial charge on any atom is -0.469 e. The third-order valence-corrected chi connectivity index (χ3v) is 2.03. The van der Waals surface area contributed by atoms with Crippen LogP contribution in [0.15, 0.2) is 11.6 Å². The Morgan fingerprint density at radius 1 is 1.36 bits per heavy atom. The highest BCUT2D eigenvalue weighted by Gasteiger charge is 2.03. The average molecular weight is 200 g/mol. The van der Waals surface area contributed by atoms with Gasteiger partial charge < -0.3 is 9.84 Å². The highest BCUT2D eigenvalue weighted by Crippen LogP contribution is 2.13. The van der Waals surface area contributed by atoms with Gasteiger partial charge in [0.2, 0.25) is 0 Å². The van der Waals surface area contributed by atoms with Crippen LogP contribution in [0.25, 0.3) is 0 Å². The smallest absolute Gasteiger partial charge is 0.305 e. The van der Waals surface area contributed by atoms with Crippen LogP contribution in [0.3, 0.4) is 0 Å². The highest BCUT2D eigenvalue weighted by atomic mass is 16.5. The second-order valence-corrected chi connectivity index (χ2v) is 3.17. The molecule has 3 nitrogen and oxygen atoms in total. The van der Waals surface area contributed by atoms with Crippen molar-refractivity contribution in [3.05, 3.63) is 11.6 Å². The van der Waals surface area contributed by atoms with Crippen LogP contribution < -0.4 is 0 Å². The number of rotatable bonds is 7. The lowest BCUT2D eigenvalue weighted by atomic mass is 10.0. The average Bonchev–Trinajstić information content (AvgIpc) is 2.21. The molecule has 0 saturated heterocycles. The molecule has 0 amide bonds. The Hall–Kier alpha value is -0.830. The van der Waals surface area contributed by atoms with Crippen LogP contribution in [0.1, 0.15) is 39.0 Å². The molecule has 0 fully saturated rings. The first-order valence-electron chi connectivity index (χ1n) is 5.10. The van der Waals surface area contributed by atoms with Crippen molar-refractivity contribution in [2.24, 2.45) is 0 Å². The Morgan fingerprint density at radius 3 is 2.57 bits per heavy atom. The minimum atomic E-state index is -0.170. The van der Waals surface area contributed by atoms with Crippen LogP contribution in [0.4, 0.5) is 0 Å². The van der Waals surface area contributed by atoms with Gasteiger partial charge in [-0.25, -0.2) is 0 Å². The van der Waals surface area contributed by atoms with E-state index in [0.29, 0.717) is 6.42 Å². The van der Waals surface area contributed by atoms with E-state index in [-0.39, 0.29) is 12.6 Å². The van der Waals surface area contributed by atoms with Crippen molar-refractivity contribution in [2.75, 3.05) is 13.7 Å². The number of hydrogen-bond donors (Lipinski definition) is 1. The number of ether oxygens (including phenoxy) is 1. The van der Waals surface area contributed by atoms with Crippen LogP contribution in [0.5, 0.6) is 0 Å². The van der Waals surface area contributed by atoms with Gasteiger partial charge in [-0.1, -0.05) is 18.6 Å². The van der Waals surface area contributed by atoms with Crippen LogP contribution in [-0.4, -0.2) is 24.8 Å². The van der Waals surface area contributed by atoms with Gasteiger partial charge in [-0.3, -0.25) is 4.79 Å². The molecule has 0 bridgehead atoms.